The number of hydrogen-bond acceptors (Lipinski definition) is 5. The molecule has 6 N–H and O–H groups in total. The number of carboxylic acids is 1. The first kappa shape index (κ1) is 23.4. The number of hydrogen-bond donors (Lipinski definition) is 5. The van der Waals surface area contributed by atoms with Crippen LogP contribution in [-0.2, 0) is 20.8 Å². The van der Waals surface area contributed by atoms with Crippen LogP contribution in [0.15, 0.2) is 24.3 Å². The van der Waals surface area contributed by atoms with Crippen molar-refractivity contribution in [2.75, 3.05) is 0 Å². The first-order chi connectivity index (χ1) is 13.1. The summed E-state index contributed by atoms with van der Waals surface area (Å²) in [5, 5.41) is 24.0. The average Bonchev–Trinajstić information content (AvgIpc) is 2.65. The molecule has 0 saturated carbocycles. The smallest absolute Gasteiger partial charge is 0.326 e. The van der Waals surface area contributed by atoms with Gasteiger partial charge >= 0.3 is 5.97 Å². The molecular formula is C20H31N3O5. The van der Waals surface area contributed by atoms with Crippen molar-refractivity contribution >= 4 is 17.8 Å². The van der Waals surface area contributed by atoms with Gasteiger partial charge < -0.3 is 26.6 Å². The van der Waals surface area contributed by atoms with Crippen molar-refractivity contribution in [3.05, 3.63) is 29.8 Å². The molecule has 156 valence electrons. The van der Waals surface area contributed by atoms with E-state index in [-0.39, 0.29) is 24.0 Å². The van der Waals surface area contributed by atoms with E-state index >= 15 is 0 Å². The number of nitrogens with two attached hydrogens (primary N) is 1. The number of phenolic OH excluding ortho intramolecular Hbond substituents is 1. The highest BCUT2D eigenvalue weighted by Crippen LogP contribution is 2.13. The lowest BCUT2D eigenvalue weighted by molar-refractivity contribution is -0.142. The van der Waals surface area contributed by atoms with Gasteiger partial charge in [0, 0.05) is 6.42 Å². The molecule has 1 rings (SSSR count). The molecule has 0 bridgehead atoms. The third-order valence-corrected chi connectivity index (χ3v) is 4.80. The molecule has 8 nitrogen and oxygen atoms in total. The highest BCUT2D eigenvalue weighted by atomic mass is 16.4. The lowest BCUT2D eigenvalue weighted by atomic mass is 9.96. The maximum atomic E-state index is 12.8. The van der Waals surface area contributed by atoms with E-state index in [9.17, 15) is 24.6 Å². The zero-order chi connectivity index (χ0) is 21.4. The van der Waals surface area contributed by atoms with Crippen molar-refractivity contribution in [3.8, 4) is 5.75 Å². The molecule has 0 radical (unpaired) electrons. The van der Waals surface area contributed by atoms with E-state index in [0.29, 0.717) is 12.0 Å². The Balaban J connectivity index is 2.91. The zero-order valence-corrected chi connectivity index (χ0v) is 16.8. The van der Waals surface area contributed by atoms with Crippen molar-refractivity contribution in [1.82, 2.24) is 10.6 Å². The maximum absolute atomic E-state index is 12.8. The van der Waals surface area contributed by atoms with Gasteiger partial charge in [0.1, 0.15) is 17.8 Å². The number of carbonyl (C=O) groups is 3. The van der Waals surface area contributed by atoms with Gasteiger partial charge in [-0.3, -0.25) is 9.59 Å². The summed E-state index contributed by atoms with van der Waals surface area (Å²) in [5.74, 6) is -2.42. The summed E-state index contributed by atoms with van der Waals surface area (Å²) in [6.45, 7) is 7.30. The van der Waals surface area contributed by atoms with Crippen LogP contribution in [0.2, 0.25) is 0 Å². The summed E-state index contributed by atoms with van der Waals surface area (Å²) in [5.41, 5.74) is 6.51. The Morgan fingerprint density at radius 1 is 1.04 bits per heavy atom. The number of benzene rings is 1. The Morgan fingerprint density at radius 2 is 1.61 bits per heavy atom. The van der Waals surface area contributed by atoms with Gasteiger partial charge in [-0.25, -0.2) is 4.79 Å². The first-order valence-corrected chi connectivity index (χ1v) is 9.43. The van der Waals surface area contributed by atoms with Crippen LogP contribution in [0.1, 0.15) is 39.7 Å². The second-order valence-electron chi connectivity index (χ2n) is 7.41. The quantitative estimate of drug-likeness (QED) is 0.402. The fourth-order valence-corrected chi connectivity index (χ4v) is 2.58. The molecule has 0 aliphatic heterocycles. The predicted octanol–water partition coefficient (Wildman–Crippen LogP) is 1.02. The Labute approximate surface area is 165 Å². The number of nitrogens with one attached hydrogen (secondary N) is 2. The Bertz CT molecular complexity index is 675. The van der Waals surface area contributed by atoms with Crippen LogP contribution in [0, 0.1) is 11.8 Å². The molecule has 2 amide bonds. The van der Waals surface area contributed by atoms with Gasteiger partial charge in [0.2, 0.25) is 11.8 Å². The van der Waals surface area contributed by atoms with Crippen molar-refractivity contribution in [3.63, 3.8) is 0 Å². The Morgan fingerprint density at radius 3 is 2.07 bits per heavy atom. The van der Waals surface area contributed by atoms with Crippen LogP contribution in [0.5, 0.6) is 5.75 Å². The number of aromatic hydroxyl groups is 1. The number of phenols is 1. The van der Waals surface area contributed by atoms with Gasteiger partial charge in [-0.15, -0.1) is 0 Å². The molecular weight excluding hydrogens is 362 g/mol. The second-order valence-corrected chi connectivity index (χ2v) is 7.41. The number of rotatable bonds is 10. The zero-order valence-electron chi connectivity index (χ0n) is 16.8. The fraction of sp³-hybridized carbons (Fsp3) is 0.550. The molecule has 0 aliphatic carbocycles. The molecule has 28 heavy (non-hydrogen) atoms. The fourth-order valence-electron chi connectivity index (χ4n) is 2.58. The molecule has 0 saturated heterocycles. The van der Waals surface area contributed by atoms with Crippen LogP contribution in [-0.4, -0.2) is 46.1 Å². The van der Waals surface area contributed by atoms with Crippen LogP contribution >= 0.6 is 0 Å². The van der Waals surface area contributed by atoms with Crippen LogP contribution in [0.3, 0.4) is 0 Å². The Hall–Kier alpha value is -2.61. The van der Waals surface area contributed by atoms with Crippen molar-refractivity contribution in [1.29, 1.82) is 0 Å². The number of carbonyl (C=O) groups excluding carboxylic acids is 2. The summed E-state index contributed by atoms with van der Waals surface area (Å²) < 4.78 is 0. The van der Waals surface area contributed by atoms with E-state index in [1.165, 1.54) is 12.1 Å². The molecule has 4 unspecified atom stereocenters. The van der Waals surface area contributed by atoms with Gasteiger partial charge in [-0.05, 0) is 29.5 Å². The predicted molar refractivity (Wildman–Crippen MR) is 106 cm³/mol. The molecule has 1 aromatic rings. The summed E-state index contributed by atoms with van der Waals surface area (Å²) in [6, 6.07) is 3.27. The topological polar surface area (TPSA) is 142 Å². The summed E-state index contributed by atoms with van der Waals surface area (Å²) >= 11 is 0. The van der Waals surface area contributed by atoms with Gasteiger partial charge in [0.15, 0.2) is 0 Å². The minimum Gasteiger partial charge on any atom is -0.508 e. The minimum atomic E-state index is -1.19. The van der Waals surface area contributed by atoms with Crippen molar-refractivity contribution < 1.29 is 24.6 Å². The van der Waals surface area contributed by atoms with E-state index in [0.717, 1.165) is 0 Å². The normalized spacial score (nSPS) is 15.4. The second kappa shape index (κ2) is 10.7. The average molecular weight is 393 g/mol. The van der Waals surface area contributed by atoms with E-state index in [2.05, 4.69) is 10.6 Å². The molecule has 0 aliphatic rings. The van der Waals surface area contributed by atoms with Crippen molar-refractivity contribution in [2.45, 2.75) is 58.7 Å². The van der Waals surface area contributed by atoms with E-state index in [1.54, 1.807) is 32.9 Å². The van der Waals surface area contributed by atoms with Crippen molar-refractivity contribution in [2.24, 2.45) is 17.6 Å². The maximum Gasteiger partial charge on any atom is 0.326 e. The molecule has 0 spiro atoms. The van der Waals surface area contributed by atoms with Crippen LogP contribution in [0.25, 0.3) is 0 Å². The summed E-state index contributed by atoms with van der Waals surface area (Å²) in [7, 11) is 0. The number of aliphatic carboxylic acids is 1. The molecule has 8 heteroatoms. The number of amides is 2. The van der Waals surface area contributed by atoms with E-state index in [4.69, 9.17) is 5.73 Å². The third kappa shape index (κ3) is 6.84. The minimum absolute atomic E-state index is 0.0496. The monoisotopic (exact) mass is 393 g/mol. The largest absolute Gasteiger partial charge is 0.508 e. The van der Waals surface area contributed by atoms with Gasteiger partial charge in [-0.2, -0.15) is 0 Å². The van der Waals surface area contributed by atoms with E-state index < -0.39 is 35.9 Å². The lowest BCUT2D eigenvalue weighted by Crippen LogP contribution is -2.57. The summed E-state index contributed by atoms with van der Waals surface area (Å²) in [6.07, 6.45) is 0.666. The number of carboxylic acid groups (broad SMARTS) is 1. The first-order valence-electron chi connectivity index (χ1n) is 9.43. The molecule has 0 aromatic heterocycles. The molecule has 4 atom stereocenters. The molecule has 1 aromatic carbocycles. The highest BCUT2D eigenvalue weighted by molar-refractivity contribution is 5.92. The van der Waals surface area contributed by atoms with Gasteiger partial charge in [0.25, 0.3) is 0 Å². The van der Waals surface area contributed by atoms with Gasteiger partial charge in [-0.1, -0.05) is 46.2 Å². The summed E-state index contributed by atoms with van der Waals surface area (Å²) in [4.78, 5) is 36.7. The standard InChI is InChI=1S/C20H31N3O5/c1-5-12(4)17(23-18(25)16(21)11(2)3)19(26)22-15(20(27)28)10-13-6-8-14(24)9-7-13/h6-9,11-12,15-17,24H,5,10,21H2,1-4H3,(H,22,26)(H,23,25)(H,27,28). The highest BCUT2D eigenvalue weighted by Gasteiger charge is 2.31. The Kier molecular flexibility index (Phi) is 8.91. The van der Waals surface area contributed by atoms with Crippen LogP contribution < -0.4 is 16.4 Å². The SMILES string of the molecule is CCC(C)C(NC(=O)C(N)C(C)C)C(=O)NC(Cc1ccc(O)cc1)C(=O)O. The lowest BCUT2D eigenvalue weighted by Gasteiger charge is -2.27. The van der Waals surface area contributed by atoms with E-state index in [1.807, 2.05) is 6.92 Å². The molecule has 0 fully saturated rings. The molecule has 0 heterocycles. The van der Waals surface area contributed by atoms with Crippen LogP contribution in [0.4, 0.5) is 0 Å². The third-order valence-electron chi connectivity index (χ3n) is 4.80. The van der Waals surface area contributed by atoms with Gasteiger partial charge in [0.05, 0.1) is 6.04 Å².